The number of carbonyl (C=O) groups excluding carboxylic acids is 1. The number of benzene rings is 3. The van der Waals surface area contributed by atoms with E-state index in [0.717, 1.165) is 24.1 Å². The molecule has 0 spiro atoms. The van der Waals surface area contributed by atoms with Crippen molar-refractivity contribution in [1.82, 2.24) is 5.32 Å². The third kappa shape index (κ3) is 5.27. The standard InChI is InChI=1S/C24H21Cl2N3O4/c1-33-24(30)20-12-19(29(31)32)5-7-23(20)28-17-4-3-15-9-18(11-16(15)10-17)27-13-14-2-6-21(25)22(26)8-14/h2-8,10,12,18,27-28H,9,11,13H2,1H3. The van der Waals surface area contributed by atoms with Crippen molar-refractivity contribution >= 4 is 46.2 Å². The summed E-state index contributed by atoms with van der Waals surface area (Å²) in [4.78, 5) is 22.7. The minimum Gasteiger partial charge on any atom is -0.465 e. The Balaban J connectivity index is 1.46. The number of ether oxygens (including phenoxy) is 1. The van der Waals surface area contributed by atoms with Crippen LogP contribution in [0.1, 0.15) is 27.0 Å². The number of nitro benzene ring substituents is 1. The Hall–Kier alpha value is -3.13. The van der Waals surface area contributed by atoms with Gasteiger partial charge in [0.05, 0.1) is 33.3 Å². The summed E-state index contributed by atoms with van der Waals surface area (Å²) in [7, 11) is 1.24. The average molecular weight is 486 g/mol. The highest BCUT2D eigenvalue weighted by Crippen LogP contribution is 2.30. The van der Waals surface area contributed by atoms with Gasteiger partial charge in [0.2, 0.25) is 0 Å². The van der Waals surface area contributed by atoms with Crippen LogP contribution >= 0.6 is 23.2 Å². The Morgan fingerprint density at radius 2 is 1.85 bits per heavy atom. The van der Waals surface area contributed by atoms with Crippen molar-refractivity contribution in [3.63, 3.8) is 0 Å². The zero-order chi connectivity index (χ0) is 23.5. The molecule has 0 saturated heterocycles. The smallest absolute Gasteiger partial charge is 0.340 e. The molecule has 2 N–H and O–H groups in total. The first-order valence-corrected chi connectivity index (χ1v) is 11.0. The van der Waals surface area contributed by atoms with E-state index in [4.69, 9.17) is 27.9 Å². The molecular weight excluding hydrogens is 465 g/mol. The van der Waals surface area contributed by atoms with E-state index in [2.05, 4.69) is 16.7 Å². The second kappa shape index (κ2) is 9.79. The van der Waals surface area contributed by atoms with E-state index >= 15 is 0 Å². The molecule has 3 aromatic rings. The lowest BCUT2D eigenvalue weighted by Crippen LogP contribution is -2.28. The number of methoxy groups -OCH3 is 1. The molecule has 0 amide bonds. The second-order valence-electron chi connectivity index (χ2n) is 7.82. The van der Waals surface area contributed by atoms with Gasteiger partial charge < -0.3 is 15.4 Å². The zero-order valence-corrected chi connectivity index (χ0v) is 19.2. The molecule has 0 bridgehead atoms. The van der Waals surface area contributed by atoms with Crippen LogP contribution in [0.15, 0.2) is 54.6 Å². The number of nitro groups is 1. The number of esters is 1. The average Bonchev–Trinajstić information content (AvgIpc) is 3.21. The molecule has 170 valence electrons. The molecule has 0 radical (unpaired) electrons. The van der Waals surface area contributed by atoms with Crippen molar-refractivity contribution < 1.29 is 14.5 Å². The molecule has 0 fully saturated rings. The molecule has 9 heteroatoms. The highest BCUT2D eigenvalue weighted by molar-refractivity contribution is 6.42. The predicted molar refractivity (Wildman–Crippen MR) is 129 cm³/mol. The molecule has 0 aromatic heterocycles. The van der Waals surface area contributed by atoms with Gasteiger partial charge in [0.25, 0.3) is 5.69 Å². The van der Waals surface area contributed by atoms with E-state index < -0.39 is 10.9 Å². The number of hydrogen-bond donors (Lipinski definition) is 2. The summed E-state index contributed by atoms with van der Waals surface area (Å²) in [6, 6.07) is 16.0. The summed E-state index contributed by atoms with van der Waals surface area (Å²) < 4.78 is 4.79. The van der Waals surface area contributed by atoms with E-state index in [1.807, 2.05) is 24.3 Å². The lowest BCUT2D eigenvalue weighted by atomic mass is 10.1. The van der Waals surface area contributed by atoms with Crippen molar-refractivity contribution in [3.05, 3.63) is 97.0 Å². The number of non-ortho nitro benzene ring substituents is 1. The Bertz CT molecular complexity index is 1230. The van der Waals surface area contributed by atoms with Gasteiger partial charge in [-0.1, -0.05) is 35.3 Å². The Kier molecular flexibility index (Phi) is 6.83. The quantitative estimate of drug-likeness (QED) is 0.253. The normalized spacial score (nSPS) is 14.6. The van der Waals surface area contributed by atoms with Gasteiger partial charge in [-0.15, -0.1) is 0 Å². The highest BCUT2D eigenvalue weighted by Gasteiger charge is 2.22. The van der Waals surface area contributed by atoms with Crippen molar-refractivity contribution in [1.29, 1.82) is 0 Å². The van der Waals surface area contributed by atoms with Gasteiger partial charge in [-0.2, -0.15) is 0 Å². The molecule has 1 atom stereocenters. The summed E-state index contributed by atoms with van der Waals surface area (Å²) in [5, 5.41) is 18.9. The minimum atomic E-state index is -0.645. The number of nitrogens with one attached hydrogen (secondary N) is 2. The van der Waals surface area contributed by atoms with Crippen molar-refractivity contribution in [2.24, 2.45) is 0 Å². The highest BCUT2D eigenvalue weighted by atomic mass is 35.5. The fourth-order valence-electron chi connectivity index (χ4n) is 3.94. The van der Waals surface area contributed by atoms with Crippen LogP contribution in [0.3, 0.4) is 0 Å². The summed E-state index contributed by atoms with van der Waals surface area (Å²) in [5.41, 5.74) is 4.69. The fraction of sp³-hybridized carbons (Fsp3) is 0.208. The molecular formula is C24H21Cl2N3O4. The first-order valence-electron chi connectivity index (χ1n) is 10.3. The van der Waals surface area contributed by atoms with Crippen LogP contribution in [0.4, 0.5) is 17.1 Å². The number of nitrogens with zero attached hydrogens (tertiary/aromatic N) is 1. The van der Waals surface area contributed by atoms with Crippen molar-refractivity contribution in [2.75, 3.05) is 12.4 Å². The maximum absolute atomic E-state index is 12.1. The van der Waals surface area contributed by atoms with Gasteiger partial charge in [-0.25, -0.2) is 4.79 Å². The third-order valence-electron chi connectivity index (χ3n) is 5.62. The number of rotatable bonds is 7. The summed E-state index contributed by atoms with van der Waals surface area (Å²) in [5.74, 6) is -0.645. The lowest BCUT2D eigenvalue weighted by Gasteiger charge is -2.12. The molecule has 33 heavy (non-hydrogen) atoms. The summed E-state index contributed by atoms with van der Waals surface area (Å²) in [6.45, 7) is 0.686. The fourth-order valence-corrected chi connectivity index (χ4v) is 4.26. The number of carbonyl (C=O) groups is 1. The molecule has 1 aliphatic rings. The van der Waals surface area contributed by atoms with E-state index in [1.54, 1.807) is 6.07 Å². The Morgan fingerprint density at radius 1 is 1.06 bits per heavy atom. The van der Waals surface area contributed by atoms with Gasteiger partial charge in [-0.05, 0) is 59.9 Å². The molecule has 1 unspecified atom stereocenters. The van der Waals surface area contributed by atoms with Crippen LogP contribution < -0.4 is 10.6 Å². The largest absolute Gasteiger partial charge is 0.465 e. The molecule has 3 aromatic carbocycles. The molecule has 0 saturated carbocycles. The number of halogens is 2. The Morgan fingerprint density at radius 3 is 2.58 bits per heavy atom. The summed E-state index contributed by atoms with van der Waals surface area (Å²) >= 11 is 12.1. The van der Waals surface area contributed by atoms with Gasteiger partial charge >= 0.3 is 5.97 Å². The maximum Gasteiger partial charge on any atom is 0.340 e. The summed E-state index contributed by atoms with van der Waals surface area (Å²) in [6.07, 6.45) is 1.76. The first kappa shape index (κ1) is 23.0. The van der Waals surface area contributed by atoms with E-state index in [0.29, 0.717) is 22.3 Å². The van der Waals surface area contributed by atoms with E-state index in [9.17, 15) is 14.9 Å². The third-order valence-corrected chi connectivity index (χ3v) is 6.36. The molecule has 4 rings (SSSR count). The lowest BCUT2D eigenvalue weighted by molar-refractivity contribution is -0.384. The molecule has 0 aliphatic heterocycles. The molecule has 1 aliphatic carbocycles. The van der Waals surface area contributed by atoms with Crippen LogP contribution in [0, 0.1) is 10.1 Å². The first-order chi connectivity index (χ1) is 15.8. The van der Waals surface area contributed by atoms with Gasteiger partial charge in [-0.3, -0.25) is 10.1 Å². The number of fused-ring (bicyclic) bond motifs is 1. The van der Waals surface area contributed by atoms with Gasteiger partial charge in [0.1, 0.15) is 0 Å². The Labute approximate surface area is 200 Å². The monoisotopic (exact) mass is 485 g/mol. The second-order valence-corrected chi connectivity index (χ2v) is 8.64. The van der Waals surface area contributed by atoms with Crippen molar-refractivity contribution in [3.8, 4) is 0 Å². The SMILES string of the molecule is COC(=O)c1cc([N+](=O)[O-])ccc1Nc1ccc2c(c1)CC(NCc1ccc(Cl)c(Cl)c1)C2. The molecule has 7 nitrogen and oxygen atoms in total. The number of hydrogen-bond acceptors (Lipinski definition) is 6. The van der Waals surface area contributed by atoms with E-state index in [1.165, 1.54) is 36.4 Å². The van der Waals surface area contributed by atoms with Crippen LogP contribution in [0.2, 0.25) is 10.0 Å². The van der Waals surface area contributed by atoms with Gasteiger partial charge in [0, 0.05) is 30.4 Å². The van der Waals surface area contributed by atoms with Crippen LogP contribution in [-0.4, -0.2) is 24.0 Å². The van der Waals surface area contributed by atoms with Crippen LogP contribution in [-0.2, 0) is 24.1 Å². The minimum absolute atomic E-state index is 0.105. The number of anilines is 2. The molecule has 0 heterocycles. The van der Waals surface area contributed by atoms with Crippen LogP contribution in [0.25, 0.3) is 0 Å². The predicted octanol–water partition coefficient (Wildman–Crippen LogP) is 5.69. The maximum atomic E-state index is 12.1. The zero-order valence-electron chi connectivity index (χ0n) is 17.7. The van der Waals surface area contributed by atoms with Crippen molar-refractivity contribution in [2.45, 2.75) is 25.4 Å². The topological polar surface area (TPSA) is 93.5 Å². The van der Waals surface area contributed by atoms with Gasteiger partial charge in [0.15, 0.2) is 0 Å². The van der Waals surface area contributed by atoms with Crippen LogP contribution in [0.5, 0.6) is 0 Å². The van der Waals surface area contributed by atoms with E-state index in [-0.39, 0.29) is 17.3 Å².